The van der Waals surface area contributed by atoms with Gasteiger partial charge in [0, 0.05) is 12.6 Å². The van der Waals surface area contributed by atoms with Crippen LogP contribution in [-0.4, -0.2) is 38.2 Å². The van der Waals surface area contributed by atoms with Crippen LogP contribution in [-0.2, 0) is 6.54 Å². The van der Waals surface area contributed by atoms with Gasteiger partial charge in [0.15, 0.2) is 17.3 Å². The van der Waals surface area contributed by atoms with Gasteiger partial charge in [-0.25, -0.2) is 0 Å². The SMILES string of the molecule is COc1cc(CN(C(=O)c2ccco2)C2CC2)cc(OC)c1OC. The quantitative estimate of drug-likeness (QED) is 0.780. The van der Waals surface area contributed by atoms with E-state index in [1.807, 2.05) is 17.0 Å². The molecule has 0 radical (unpaired) electrons. The van der Waals surface area contributed by atoms with Gasteiger partial charge >= 0.3 is 0 Å². The van der Waals surface area contributed by atoms with Gasteiger partial charge < -0.3 is 23.5 Å². The van der Waals surface area contributed by atoms with Crippen LogP contribution >= 0.6 is 0 Å². The van der Waals surface area contributed by atoms with Crippen LogP contribution in [0.25, 0.3) is 0 Å². The molecule has 128 valence electrons. The molecular weight excluding hydrogens is 310 g/mol. The van der Waals surface area contributed by atoms with E-state index in [-0.39, 0.29) is 11.9 Å². The smallest absolute Gasteiger partial charge is 0.290 e. The lowest BCUT2D eigenvalue weighted by Gasteiger charge is -2.22. The summed E-state index contributed by atoms with van der Waals surface area (Å²) in [4.78, 5) is 14.5. The van der Waals surface area contributed by atoms with Crippen molar-refractivity contribution >= 4 is 5.91 Å². The molecule has 0 spiro atoms. The number of hydrogen-bond donors (Lipinski definition) is 0. The molecular formula is C18H21NO5. The molecule has 1 heterocycles. The van der Waals surface area contributed by atoms with Gasteiger partial charge in [-0.3, -0.25) is 4.79 Å². The van der Waals surface area contributed by atoms with Crippen LogP contribution in [0.5, 0.6) is 17.2 Å². The van der Waals surface area contributed by atoms with Gasteiger partial charge in [0.2, 0.25) is 5.75 Å². The number of furan rings is 1. The Balaban J connectivity index is 1.89. The van der Waals surface area contributed by atoms with Crippen molar-refractivity contribution in [1.82, 2.24) is 4.90 Å². The topological polar surface area (TPSA) is 61.1 Å². The second kappa shape index (κ2) is 6.86. The maximum atomic E-state index is 12.7. The van der Waals surface area contributed by atoms with Crippen LogP contribution < -0.4 is 14.2 Å². The van der Waals surface area contributed by atoms with Crippen molar-refractivity contribution in [2.24, 2.45) is 0 Å². The van der Waals surface area contributed by atoms with Crippen LogP contribution in [0.3, 0.4) is 0 Å². The van der Waals surface area contributed by atoms with Crippen LogP contribution in [0, 0.1) is 0 Å². The fourth-order valence-corrected chi connectivity index (χ4v) is 2.72. The lowest BCUT2D eigenvalue weighted by atomic mass is 10.1. The van der Waals surface area contributed by atoms with Crippen LogP contribution in [0.2, 0.25) is 0 Å². The first-order chi connectivity index (χ1) is 11.7. The molecule has 1 fully saturated rings. The molecule has 0 atom stereocenters. The second-order valence-electron chi connectivity index (χ2n) is 5.68. The molecule has 0 aliphatic heterocycles. The average molecular weight is 331 g/mol. The molecule has 2 aromatic rings. The number of carbonyl (C=O) groups is 1. The number of hydrogen-bond acceptors (Lipinski definition) is 5. The molecule has 0 saturated heterocycles. The Kier molecular flexibility index (Phi) is 4.64. The third-order valence-electron chi connectivity index (χ3n) is 4.06. The molecule has 0 unspecified atom stereocenters. The average Bonchev–Trinajstić information content (AvgIpc) is 3.30. The van der Waals surface area contributed by atoms with E-state index in [2.05, 4.69) is 0 Å². The van der Waals surface area contributed by atoms with Crippen molar-refractivity contribution in [3.8, 4) is 17.2 Å². The van der Waals surface area contributed by atoms with E-state index in [4.69, 9.17) is 18.6 Å². The first kappa shape index (κ1) is 16.2. The molecule has 1 aliphatic carbocycles. The van der Waals surface area contributed by atoms with E-state index in [9.17, 15) is 4.79 Å². The summed E-state index contributed by atoms with van der Waals surface area (Å²) in [5, 5.41) is 0. The Hall–Kier alpha value is -2.63. The molecule has 3 rings (SSSR count). The van der Waals surface area contributed by atoms with E-state index >= 15 is 0 Å². The molecule has 1 aromatic heterocycles. The predicted molar refractivity (Wildman–Crippen MR) is 87.7 cm³/mol. The molecule has 0 N–H and O–H groups in total. The van der Waals surface area contributed by atoms with E-state index < -0.39 is 0 Å². The van der Waals surface area contributed by atoms with Crippen molar-refractivity contribution < 1.29 is 23.4 Å². The standard InChI is InChI=1S/C18H21NO5/c1-21-15-9-12(10-16(22-2)17(15)23-3)11-19(13-6-7-13)18(20)14-5-4-8-24-14/h4-5,8-10,13H,6-7,11H2,1-3H3. The van der Waals surface area contributed by atoms with Gasteiger partial charge in [0.05, 0.1) is 27.6 Å². The summed E-state index contributed by atoms with van der Waals surface area (Å²) >= 11 is 0. The van der Waals surface area contributed by atoms with Gasteiger partial charge in [-0.05, 0) is 42.7 Å². The van der Waals surface area contributed by atoms with Gasteiger partial charge in [-0.2, -0.15) is 0 Å². The van der Waals surface area contributed by atoms with E-state index in [0.717, 1.165) is 18.4 Å². The number of ether oxygens (including phenoxy) is 3. The van der Waals surface area contributed by atoms with Crippen LogP contribution in [0.1, 0.15) is 29.0 Å². The minimum Gasteiger partial charge on any atom is -0.493 e. The van der Waals surface area contributed by atoms with Crippen LogP contribution in [0.4, 0.5) is 0 Å². The third kappa shape index (κ3) is 3.18. The predicted octanol–water partition coefficient (Wildman–Crippen LogP) is 3.11. The van der Waals surface area contributed by atoms with Crippen molar-refractivity contribution in [2.45, 2.75) is 25.4 Å². The highest BCUT2D eigenvalue weighted by atomic mass is 16.5. The summed E-state index contributed by atoms with van der Waals surface area (Å²) in [5.41, 5.74) is 0.913. The van der Waals surface area contributed by atoms with E-state index in [1.54, 1.807) is 33.5 Å². The second-order valence-corrected chi connectivity index (χ2v) is 5.68. The monoisotopic (exact) mass is 331 g/mol. The number of benzene rings is 1. The highest BCUT2D eigenvalue weighted by Gasteiger charge is 2.34. The zero-order valence-corrected chi connectivity index (χ0v) is 14.1. The number of amides is 1. The largest absolute Gasteiger partial charge is 0.493 e. The molecule has 1 amide bonds. The summed E-state index contributed by atoms with van der Waals surface area (Å²) in [6.45, 7) is 0.459. The first-order valence-electron chi connectivity index (χ1n) is 7.81. The maximum absolute atomic E-state index is 12.7. The minimum atomic E-state index is -0.101. The lowest BCUT2D eigenvalue weighted by molar-refractivity contribution is 0.0697. The van der Waals surface area contributed by atoms with Gasteiger partial charge in [0.1, 0.15) is 0 Å². The third-order valence-corrected chi connectivity index (χ3v) is 4.06. The maximum Gasteiger partial charge on any atom is 0.290 e. The molecule has 1 saturated carbocycles. The zero-order valence-electron chi connectivity index (χ0n) is 14.1. The van der Waals surface area contributed by atoms with Gasteiger partial charge in [0.25, 0.3) is 5.91 Å². The fourth-order valence-electron chi connectivity index (χ4n) is 2.72. The zero-order chi connectivity index (χ0) is 17.1. The van der Waals surface area contributed by atoms with E-state index in [0.29, 0.717) is 29.6 Å². The molecule has 24 heavy (non-hydrogen) atoms. The van der Waals surface area contributed by atoms with Crippen LogP contribution in [0.15, 0.2) is 34.9 Å². The minimum absolute atomic E-state index is 0.101. The summed E-state index contributed by atoms with van der Waals surface area (Å²) in [6.07, 6.45) is 3.53. The first-order valence-corrected chi connectivity index (χ1v) is 7.81. The summed E-state index contributed by atoms with van der Waals surface area (Å²) in [7, 11) is 4.72. The molecule has 6 heteroatoms. The molecule has 0 bridgehead atoms. The Labute approximate surface area is 140 Å². The Morgan fingerprint density at radius 1 is 1.17 bits per heavy atom. The highest BCUT2D eigenvalue weighted by Crippen LogP contribution is 2.39. The number of methoxy groups -OCH3 is 3. The number of carbonyl (C=O) groups excluding carboxylic acids is 1. The van der Waals surface area contributed by atoms with Crippen molar-refractivity contribution in [1.29, 1.82) is 0 Å². The van der Waals surface area contributed by atoms with Gasteiger partial charge in [-0.15, -0.1) is 0 Å². The molecule has 1 aromatic carbocycles. The number of nitrogens with zero attached hydrogens (tertiary/aromatic N) is 1. The van der Waals surface area contributed by atoms with Crippen molar-refractivity contribution in [2.75, 3.05) is 21.3 Å². The van der Waals surface area contributed by atoms with E-state index in [1.165, 1.54) is 6.26 Å². The molecule has 1 aliphatic rings. The lowest BCUT2D eigenvalue weighted by Crippen LogP contribution is -2.32. The summed E-state index contributed by atoms with van der Waals surface area (Å²) in [5.74, 6) is 1.95. The molecule has 6 nitrogen and oxygen atoms in total. The fraction of sp³-hybridized carbons (Fsp3) is 0.389. The van der Waals surface area contributed by atoms with Gasteiger partial charge in [-0.1, -0.05) is 0 Å². The Morgan fingerprint density at radius 2 is 1.83 bits per heavy atom. The van der Waals surface area contributed by atoms with Crippen molar-refractivity contribution in [3.63, 3.8) is 0 Å². The summed E-state index contributed by atoms with van der Waals surface area (Å²) < 4.78 is 21.4. The summed E-state index contributed by atoms with van der Waals surface area (Å²) in [6, 6.07) is 7.39. The van der Waals surface area contributed by atoms with Crippen molar-refractivity contribution in [3.05, 3.63) is 41.9 Å². The Bertz CT molecular complexity index is 681. The number of rotatable bonds is 7. The Morgan fingerprint density at radius 3 is 2.29 bits per heavy atom. The normalized spacial score (nSPS) is 13.5. The highest BCUT2D eigenvalue weighted by molar-refractivity contribution is 5.91.